The summed E-state index contributed by atoms with van der Waals surface area (Å²) in [7, 11) is 1.72. The summed E-state index contributed by atoms with van der Waals surface area (Å²) in [6, 6.07) is 6.80. The van der Waals surface area contributed by atoms with Gasteiger partial charge in [0.05, 0.1) is 6.04 Å². The Kier molecular flexibility index (Phi) is 5.61. The molecule has 25 heavy (non-hydrogen) atoms. The molecule has 2 aliphatic rings. The molecule has 0 spiro atoms. The van der Waals surface area contributed by atoms with E-state index in [0.29, 0.717) is 18.1 Å². The summed E-state index contributed by atoms with van der Waals surface area (Å²) in [5.41, 5.74) is 0.852. The van der Waals surface area contributed by atoms with Gasteiger partial charge in [-0.2, -0.15) is 0 Å². The zero-order valence-corrected chi connectivity index (χ0v) is 15.4. The van der Waals surface area contributed by atoms with Crippen LogP contribution in [0.25, 0.3) is 0 Å². The highest BCUT2D eigenvalue weighted by Crippen LogP contribution is 2.31. The third kappa shape index (κ3) is 3.81. The molecule has 0 unspecified atom stereocenters. The van der Waals surface area contributed by atoms with E-state index < -0.39 is 12.1 Å². The molecule has 1 aromatic carbocycles. The Hall–Kier alpha value is -1.63. The standard InChI is InChI=1S/C18H24ClN3O3/c1-3-21-8-10-22(11-9-21)18(24)17-16(20(2)15(23)12-25-17)13-4-6-14(19)7-5-13/h4-7,16-17H,3,8-12H2,1-2H3/t16-,17-/m1/s1. The summed E-state index contributed by atoms with van der Waals surface area (Å²) in [6.07, 6.45) is -0.683. The predicted molar refractivity (Wildman–Crippen MR) is 95.4 cm³/mol. The minimum Gasteiger partial charge on any atom is -0.356 e. The number of rotatable bonds is 3. The maximum absolute atomic E-state index is 13.1. The number of piperazine rings is 1. The lowest BCUT2D eigenvalue weighted by Crippen LogP contribution is -2.57. The van der Waals surface area contributed by atoms with Crippen molar-refractivity contribution in [1.29, 1.82) is 0 Å². The predicted octanol–water partition coefficient (Wildman–Crippen LogP) is 1.40. The van der Waals surface area contributed by atoms with Crippen molar-refractivity contribution in [2.24, 2.45) is 0 Å². The Bertz CT molecular complexity index is 629. The highest BCUT2D eigenvalue weighted by molar-refractivity contribution is 6.30. The van der Waals surface area contributed by atoms with Gasteiger partial charge in [0.25, 0.3) is 5.91 Å². The number of benzene rings is 1. The Labute approximate surface area is 153 Å². The lowest BCUT2D eigenvalue weighted by molar-refractivity contribution is -0.168. The first-order valence-electron chi connectivity index (χ1n) is 8.65. The highest BCUT2D eigenvalue weighted by atomic mass is 35.5. The van der Waals surface area contributed by atoms with Crippen LogP contribution in [-0.2, 0) is 14.3 Å². The summed E-state index contributed by atoms with van der Waals surface area (Å²) in [6.45, 7) is 6.18. The third-order valence-corrected chi connectivity index (χ3v) is 5.32. The first-order valence-corrected chi connectivity index (χ1v) is 9.03. The fourth-order valence-electron chi connectivity index (χ4n) is 3.44. The summed E-state index contributed by atoms with van der Waals surface area (Å²) in [5.74, 6) is -0.171. The van der Waals surface area contributed by atoms with Crippen LogP contribution in [0.4, 0.5) is 0 Å². The third-order valence-electron chi connectivity index (χ3n) is 5.07. The van der Waals surface area contributed by atoms with Crippen LogP contribution in [0.3, 0.4) is 0 Å². The summed E-state index contributed by atoms with van der Waals surface area (Å²) < 4.78 is 5.70. The van der Waals surface area contributed by atoms with Gasteiger partial charge in [0.2, 0.25) is 5.91 Å². The molecule has 1 aromatic rings. The SMILES string of the molecule is CCN1CCN(C(=O)[C@@H]2OCC(=O)N(C)[C@@H]2c2ccc(Cl)cc2)CC1. The topological polar surface area (TPSA) is 53.1 Å². The van der Waals surface area contributed by atoms with Crippen LogP contribution in [0.2, 0.25) is 5.02 Å². The molecular weight excluding hydrogens is 342 g/mol. The Morgan fingerprint density at radius 3 is 2.44 bits per heavy atom. The van der Waals surface area contributed by atoms with Crippen LogP contribution >= 0.6 is 11.6 Å². The normalized spacial score (nSPS) is 25.3. The average molecular weight is 366 g/mol. The molecule has 0 aliphatic carbocycles. The zero-order chi connectivity index (χ0) is 18.0. The van der Waals surface area contributed by atoms with Crippen molar-refractivity contribution < 1.29 is 14.3 Å². The second kappa shape index (κ2) is 7.72. The van der Waals surface area contributed by atoms with Gasteiger partial charge in [-0.25, -0.2) is 0 Å². The van der Waals surface area contributed by atoms with Gasteiger partial charge >= 0.3 is 0 Å². The molecule has 2 fully saturated rings. The van der Waals surface area contributed by atoms with Gasteiger partial charge in [0.15, 0.2) is 6.10 Å². The van der Waals surface area contributed by atoms with Crippen LogP contribution in [0.5, 0.6) is 0 Å². The Morgan fingerprint density at radius 2 is 1.84 bits per heavy atom. The number of hydrogen-bond acceptors (Lipinski definition) is 4. The van der Waals surface area contributed by atoms with Crippen molar-refractivity contribution in [2.45, 2.75) is 19.1 Å². The molecule has 0 aromatic heterocycles. The van der Waals surface area contributed by atoms with Gasteiger partial charge < -0.3 is 19.4 Å². The van der Waals surface area contributed by atoms with Gasteiger partial charge in [-0.15, -0.1) is 0 Å². The van der Waals surface area contributed by atoms with E-state index in [-0.39, 0.29) is 18.4 Å². The molecule has 0 N–H and O–H groups in total. The Morgan fingerprint density at radius 1 is 1.20 bits per heavy atom. The molecule has 2 atom stereocenters. The summed E-state index contributed by atoms with van der Waals surface area (Å²) >= 11 is 5.97. The number of carbonyl (C=O) groups is 2. The largest absolute Gasteiger partial charge is 0.356 e. The number of nitrogens with zero attached hydrogens (tertiary/aromatic N) is 3. The second-order valence-corrected chi connectivity index (χ2v) is 6.93. The van der Waals surface area contributed by atoms with Crippen LogP contribution in [0.15, 0.2) is 24.3 Å². The average Bonchev–Trinajstić information content (AvgIpc) is 2.64. The summed E-state index contributed by atoms with van der Waals surface area (Å²) in [5, 5.41) is 0.619. The minimum absolute atomic E-state index is 0.0462. The van der Waals surface area contributed by atoms with Crippen LogP contribution in [0, 0.1) is 0 Å². The van der Waals surface area contributed by atoms with Crippen LogP contribution < -0.4 is 0 Å². The summed E-state index contributed by atoms with van der Waals surface area (Å²) in [4.78, 5) is 31.0. The van der Waals surface area contributed by atoms with E-state index in [4.69, 9.17) is 16.3 Å². The van der Waals surface area contributed by atoms with E-state index >= 15 is 0 Å². The molecule has 0 radical (unpaired) electrons. The van der Waals surface area contributed by atoms with E-state index in [1.807, 2.05) is 17.0 Å². The van der Waals surface area contributed by atoms with Crippen molar-refractivity contribution in [3.63, 3.8) is 0 Å². The molecule has 0 bridgehead atoms. The second-order valence-electron chi connectivity index (χ2n) is 6.49. The van der Waals surface area contributed by atoms with E-state index in [2.05, 4.69) is 11.8 Å². The van der Waals surface area contributed by atoms with E-state index in [0.717, 1.165) is 25.2 Å². The van der Waals surface area contributed by atoms with Crippen molar-refractivity contribution in [3.8, 4) is 0 Å². The minimum atomic E-state index is -0.683. The highest BCUT2D eigenvalue weighted by Gasteiger charge is 2.42. The van der Waals surface area contributed by atoms with Crippen molar-refractivity contribution in [2.75, 3.05) is 46.4 Å². The molecule has 2 amide bonds. The molecule has 7 heteroatoms. The fourth-order valence-corrected chi connectivity index (χ4v) is 3.57. The van der Waals surface area contributed by atoms with E-state index in [1.165, 1.54) is 0 Å². The van der Waals surface area contributed by atoms with Crippen molar-refractivity contribution in [1.82, 2.24) is 14.7 Å². The molecular formula is C18H24ClN3O3. The molecule has 6 nitrogen and oxygen atoms in total. The van der Waals surface area contributed by atoms with Crippen LogP contribution in [0.1, 0.15) is 18.5 Å². The number of amides is 2. The number of likely N-dealkylation sites (N-methyl/N-ethyl adjacent to an activating group) is 2. The zero-order valence-electron chi connectivity index (χ0n) is 14.7. The lowest BCUT2D eigenvalue weighted by atomic mass is 9.97. The Balaban J connectivity index is 1.81. The molecule has 2 aliphatic heterocycles. The van der Waals surface area contributed by atoms with Crippen molar-refractivity contribution in [3.05, 3.63) is 34.9 Å². The fraction of sp³-hybridized carbons (Fsp3) is 0.556. The molecule has 2 saturated heterocycles. The lowest BCUT2D eigenvalue weighted by Gasteiger charge is -2.42. The number of morpholine rings is 1. The molecule has 0 saturated carbocycles. The molecule has 136 valence electrons. The van der Waals surface area contributed by atoms with Gasteiger partial charge in [0.1, 0.15) is 6.61 Å². The molecule has 3 rings (SSSR count). The van der Waals surface area contributed by atoms with Gasteiger partial charge in [-0.3, -0.25) is 9.59 Å². The first kappa shape index (κ1) is 18.2. The van der Waals surface area contributed by atoms with E-state index in [1.54, 1.807) is 24.1 Å². The van der Waals surface area contributed by atoms with Crippen molar-refractivity contribution >= 4 is 23.4 Å². The first-order chi connectivity index (χ1) is 12.0. The molecule has 2 heterocycles. The van der Waals surface area contributed by atoms with Gasteiger partial charge in [-0.1, -0.05) is 30.7 Å². The quantitative estimate of drug-likeness (QED) is 0.812. The smallest absolute Gasteiger partial charge is 0.254 e. The number of ether oxygens (including phenoxy) is 1. The number of halogens is 1. The number of carbonyl (C=O) groups excluding carboxylic acids is 2. The van der Waals surface area contributed by atoms with Crippen LogP contribution in [-0.4, -0.2) is 79.0 Å². The van der Waals surface area contributed by atoms with Gasteiger partial charge in [0, 0.05) is 38.2 Å². The maximum atomic E-state index is 13.1. The number of hydrogen-bond donors (Lipinski definition) is 0. The maximum Gasteiger partial charge on any atom is 0.254 e. The van der Waals surface area contributed by atoms with Gasteiger partial charge in [-0.05, 0) is 24.2 Å². The monoisotopic (exact) mass is 365 g/mol. The van der Waals surface area contributed by atoms with E-state index in [9.17, 15) is 9.59 Å².